The van der Waals surface area contributed by atoms with Crippen LogP contribution in [-0.4, -0.2) is 27.6 Å². The molecular weight excluding hydrogens is 242 g/mol. The molecule has 0 radical (unpaired) electrons. The first-order valence-corrected chi connectivity index (χ1v) is 7.01. The van der Waals surface area contributed by atoms with E-state index in [0.29, 0.717) is 30.5 Å². The summed E-state index contributed by atoms with van der Waals surface area (Å²) in [6.07, 6.45) is 3.28. The number of nitrogen functional groups attached to an aromatic ring is 1. The van der Waals surface area contributed by atoms with Crippen molar-refractivity contribution < 1.29 is 4.74 Å². The number of anilines is 2. The molecule has 1 saturated carbocycles. The standard InChI is InChI=1S/C13H23N5O/c1-4-7-19-13-17-11(14)16-12(18-13)15-10-6-5-8(2)9(10)3/h8-10H,4-7H2,1-3H3,(H3,14,15,16,17,18). The Morgan fingerprint density at radius 2 is 2.05 bits per heavy atom. The molecular formula is C13H23N5O. The van der Waals surface area contributed by atoms with Gasteiger partial charge in [0.25, 0.3) is 0 Å². The molecule has 3 atom stereocenters. The summed E-state index contributed by atoms with van der Waals surface area (Å²) in [6.45, 7) is 7.16. The van der Waals surface area contributed by atoms with Crippen LogP contribution in [0.25, 0.3) is 0 Å². The smallest absolute Gasteiger partial charge is 0.323 e. The molecule has 1 aromatic heterocycles. The van der Waals surface area contributed by atoms with Gasteiger partial charge in [-0.15, -0.1) is 0 Å². The highest BCUT2D eigenvalue weighted by Gasteiger charge is 2.30. The van der Waals surface area contributed by atoms with Crippen molar-refractivity contribution in [1.29, 1.82) is 0 Å². The molecule has 1 aliphatic carbocycles. The molecule has 19 heavy (non-hydrogen) atoms. The second kappa shape index (κ2) is 6.04. The zero-order valence-corrected chi connectivity index (χ0v) is 11.9. The lowest BCUT2D eigenvalue weighted by atomic mass is 9.98. The van der Waals surface area contributed by atoms with Crippen LogP contribution < -0.4 is 15.8 Å². The Balaban J connectivity index is 2.05. The average molecular weight is 265 g/mol. The minimum Gasteiger partial charge on any atom is -0.463 e. The van der Waals surface area contributed by atoms with Gasteiger partial charge in [0.1, 0.15) is 0 Å². The van der Waals surface area contributed by atoms with E-state index >= 15 is 0 Å². The highest BCUT2D eigenvalue weighted by molar-refractivity contribution is 5.34. The first-order valence-electron chi connectivity index (χ1n) is 7.01. The molecule has 3 unspecified atom stereocenters. The highest BCUT2D eigenvalue weighted by Crippen LogP contribution is 2.32. The fraction of sp³-hybridized carbons (Fsp3) is 0.769. The first kappa shape index (κ1) is 13.8. The van der Waals surface area contributed by atoms with Gasteiger partial charge in [0.2, 0.25) is 11.9 Å². The number of nitrogens with one attached hydrogen (secondary N) is 1. The molecule has 0 aliphatic heterocycles. The topological polar surface area (TPSA) is 86.0 Å². The van der Waals surface area contributed by atoms with E-state index in [1.54, 1.807) is 0 Å². The summed E-state index contributed by atoms with van der Waals surface area (Å²) < 4.78 is 5.41. The molecule has 0 bridgehead atoms. The molecule has 0 spiro atoms. The zero-order chi connectivity index (χ0) is 13.8. The van der Waals surface area contributed by atoms with Crippen LogP contribution in [0.1, 0.15) is 40.0 Å². The number of ether oxygens (including phenoxy) is 1. The lowest BCUT2D eigenvalue weighted by Gasteiger charge is -2.19. The minimum absolute atomic E-state index is 0.197. The number of hydrogen-bond acceptors (Lipinski definition) is 6. The minimum atomic E-state index is 0.197. The van der Waals surface area contributed by atoms with Crippen molar-refractivity contribution in [3.05, 3.63) is 0 Å². The van der Waals surface area contributed by atoms with E-state index in [2.05, 4.69) is 34.1 Å². The van der Waals surface area contributed by atoms with E-state index in [9.17, 15) is 0 Å². The van der Waals surface area contributed by atoms with Gasteiger partial charge in [-0.1, -0.05) is 20.8 Å². The Morgan fingerprint density at radius 1 is 1.26 bits per heavy atom. The molecule has 1 heterocycles. The Bertz CT molecular complexity index is 425. The highest BCUT2D eigenvalue weighted by atomic mass is 16.5. The number of aromatic nitrogens is 3. The molecule has 6 nitrogen and oxygen atoms in total. The maximum absolute atomic E-state index is 5.69. The normalized spacial score (nSPS) is 26.4. The maximum atomic E-state index is 5.69. The summed E-state index contributed by atoms with van der Waals surface area (Å²) in [5.41, 5.74) is 5.69. The molecule has 2 rings (SSSR count). The number of rotatable bonds is 5. The second-order valence-corrected chi connectivity index (χ2v) is 5.31. The summed E-state index contributed by atoms with van der Waals surface area (Å²) in [4.78, 5) is 12.4. The van der Waals surface area contributed by atoms with Crippen LogP contribution in [0.2, 0.25) is 0 Å². The van der Waals surface area contributed by atoms with Crippen LogP contribution in [0, 0.1) is 11.8 Å². The van der Waals surface area contributed by atoms with Crippen molar-refractivity contribution in [2.24, 2.45) is 11.8 Å². The van der Waals surface area contributed by atoms with E-state index in [1.807, 2.05) is 6.92 Å². The van der Waals surface area contributed by atoms with Crippen molar-refractivity contribution in [1.82, 2.24) is 15.0 Å². The Kier molecular flexibility index (Phi) is 4.39. The third-order valence-corrected chi connectivity index (χ3v) is 3.85. The molecule has 1 fully saturated rings. The van der Waals surface area contributed by atoms with Gasteiger partial charge in [0.05, 0.1) is 6.61 Å². The van der Waals surface area contributed by atoms with Crippen LogP contribution >= 0.6 is 0 Å². The third-order valence-electron chi connectivity index (χ3n) is 3.85. The molecule has 3 N–H and O–H groups in total. The van der Waals surface area contributed by atoms with Crippen LogP contribution in [0.5, 0.6) is 6.01 Å². The molecule has 0 saturated heterocycles. The predicted octanol–water partition coefficient (Wildman–Crippen LogP) is 2.09. The van der Waals surface area contributed by atoms with Crippen molar-refractivity contribution in [2.75, 3.05) is 17.7 Å². The van der Waals surface area contributed by atoms with Crippen molar-refractivity contribution in [3.63, 3.8) is 0 Å². The van der Waals surface area contributed by atoms with Gasteiger partial charge in [0, 0.05) is 6.04 Å². The largest absolute Gasteiger partial charge is 0.463 e. The SMILES string of the molecule is CCCOc1nc(N)nc(NC2CCC(C)C2C)n1. The van der Waals surface area contributed by atoms with Crippen molar-refractivity contribution in [3.8, 4) is 6.01 Å². The number of nitrogens with two attached hydrogens (primary N) is 1. The molecule has 106 valence electrons. The number of nitrogens with zero attached hydrogens (tertiary/aromatic N) is 3. The average Bonchev–Trinajstić information content (AvgIpc) is 2.68. The van der Waals surface area contributed by atoms with E-state index in [0.717, 1.165) is 18.8 Å². The molecule has 6 heteroatoms. The van der Waals surface area contributed by atoms with Gasteiger partial charge < -0.3 is 15.8 Å². The predicted molar refractivity (Wildman–Crippen MR) is 75.0 cm³/mol. The van der Waals surface area contributed by atoms with Gasteiger partial charge in [-0.2, -0.15) is 15.0 Å². The van der Waals surface area contributed by atoms with Gasteiger partial charge in [-0.05, 0) is 31.1 Å². The fourth-order valence-corrected chi connectivity index (χ4v) is 2.43. The van der Waals surface area contributed by atoms with Gasteiger partial charge in [-0.3, -0.25) is 0 Å². The van der Waals surface area contributed by atoms with Crippen LogP contribution in [0.15, 0.2) is 0 Å². The van der Waals surface area contributed by atoms with Gasteiger partial charge in [0.15, 0.2) is 0 Å². The molecule has 0 amide bonds. The quantitative estimate of drug-likeness (QED) is 0.847. The molecule has 1 aromatic rings. The summed E-state index contributed by atoms with van der Waals surface area (Å²) in [5, 5.41) is 3.36. The van der Waals surface area contributed by atoms with E-state index in [-0.39, 0.29) is 5.95 Å². The second-order valence-electron chi connectivity index (χ2n) is 5.31. The summed E-state index contributed by atoms with van der Waals surface area (Å²) in [6, 6.07) is 0.700. The number of hydrogen-bond donors (Lipinski definition) is 2. The van der Waals surface area contributed by atoms with Crippen LogP contribution in [-0.2, 0) is 0 Å². The molecule has 0 aromatic carbocycles. The summed E-state index contributed by atoms with van der Waals surface area (Å²) >= 11 is 0. The third kappa shape index (κ3) is 3.45. The van der Waals surface area contributed by atoms with E-state index < -0.39 is 0 Å². The van der Waals surface area contributed by atoms with E-state index in [4.69, 9.17) is 10.5 Å². The fourth-order valence-electron chi connectivity index (χ4n) is 2.43. The Hall–Kier alpha value is -1.59. The lowest BCUT2D eigenvalue weighted by Crippen LogP contribution is -2.25. The van der Waals surface area contributed by atoms with Crippen LogP contribution in [0.3, 0.4) is 0 Å². The van der Waals surface area contributed by atoms with Crippen molar-refractivity contribution in [2.45, 2.75) is 46.1 Å². The van der Waals surface area contributed by atoms with Gasteiger partial charge >= 0.3 is 6.01 Å². The van der Waals surface area contributed by atoms with E-state index in [1.165, 1.54) is 6.42 Å². The zero-order valence-electron chi connectivity index (χ0n) is 11.9. The monoisotopic (exact) mass is 265 g/mol. The summed E-state index contributed by atoms with van der Waals surface area (Å²) in [7, 11) is 0. The molecule has 1 aliphatic rings. The Labute approximate surface area is 114 Å². The lowest BCUT2D eigenvalue weighted by molar-refractivity contribution is 0.292. The maximum Gasteiger partial charge on any atom is 0.323 e. The first-order chi connectivity index (χ1) is 9.10. The summed E-state index contributed by atoms with van der Waals surface area (Å²) in [5.74, 6) is 2.05. The Morgan fingerprint density at radius 3 is 2.68 bits per heavy atom. The van der Waals surface area contributed by atoms with Crippen LogP contribution in [0.4, 0.5) is 11.9 Å². The van der Waals surface area contributed by atoms with Crippen molar-refractivity contribution >= 4 is 11.9 Å². The van der Waals surface area contributed by atoms with Gasteiger partial charge in [-0.25, -0.2) is 0 Å².